The molecular weight excluding hydrogens is 290 g/mol. The van der Waals surface area contributed by atoms with Crippen LogP contribution >= 0.6 is 11.8 Å². The third-order valence-corrected chi connectivity index (χ3v) is 3.90. The van der Waals surface area contributed by atoms with Crippen LogP contribution in [-0.4, -0.2) is 20.5 Å². The second kappa shape index (κ2) is 6.97. The maximum absolute atomic E-state index is 4.24. The van der Waals surface area contributed by atoms with E-state index in [1.165, 1.54) is 0 Å². The highest BCUT2D eigenvalue weighted by atomic mass is 32.2. The molecule has 0 saturated carbocycles. The summed E-state index contributed by atoms with van der Waals surface area (Å²) in [6, 6.07) is 20.1. The van der Waals surface area contributed by atoms with Gasteiger partial charge in [-0.25, -0.2) is 0 Å². The SMILES string of the molecule is Cc1nnc(SCC#Cc2ccccc2)n1-c1ccccc1. The van der Waals surface area contributed by atoms with Gasteiger partial charge in [-0.1, -0.05) is 60.0 Å². The van der Waals surface area contributed by atoms with Crippen LogP contribution in [0.2, 0.25) is 0 Å². The molecule has 1 aromatic heterocycles. The highest BCUT2D eigenvalue weighted by molar-refractivity contribution is 7.99. The quantitative estimate of drug-likeness (QED) is 0.546. The molecular formula is C18H15N3S. The maximum atomic E-state index is 4.24. The molecule has 108 valence electrons. The van der Waals surface area contributed by atoms with Crippen molar-refractivity contribution in [3.8, 4) is 17.5 Å². The summed E-state index contributed by atoms with van der Waals surface area (Å²) in [7, 11) is 0. The van der Waals surface area contributed by atoms with Gasteiger partial charge in [0.05, 0.1) is 5.75 Å². The van der Waals surface area contributed by atoms with Gasteiger partial charge in [0.1, 0.15) is 5.82 Å². The number of aromatic nitrogens is 3. The van der Waals surface area contributed by atoms with Gasteiger partial charge in [-0.05, 0) is 31.2 Å². The lowest BCUT2D eigenvalue weighted by Gasteiger charge is -2.06. The van der Waals surface area contributed by atoms with Gasteiger partial charge in [0.25, 0.3) is 0 Å². The molecule has 0 amide bonds. The number of thioether (sulfide) groups is 1. The van der Waals surface area contributed by atoms with Gasteiger partial charge in [-0.3, -0.25) is 4.57 Å². The number of hydrogen-bond donors (Lipinski definition) is 0. The largest absolute Gasteiger partial charge is 0.274 e. The first-order valence-electron chi connectivity index (χ1n) is 6.99. The molecule has 2 aromatic carbocycles. The molecule has 0 N–H and O–H groups in total. The molecule has 0 aliphatic heterocycles. The van der Waals surface area contributed by atoms with Crippen LogP contribution in [0.4, 0.5) is 0 Å². The number of aryl methyl sites for hydroxylation is 1. The minimum Gasteiger partial charge on any atom is -0.274 e. The van der Waals surface area contributed by atoms with E-state index in [1.54, 1.807) is 11.8 Å². The molecule has 3 aromatic rings. The number of nitrogens with zero attached hydrogens (tertiary/aromatic N) is 3. The number of para-hydroxylation sites is 1. The fourth-order valence-electron chi connectivity index (χ4n) is 2.07. The zero-order chi connectivity index (χ0) is 15.2. The van der Waals surface area contributed by atoms with Gasteiger partial charge in [0.2, 0.25) is 0 Å². The molecule has 4 heteroatoms. The van der Waals surface area contributed by atoms with Crippen LogP contribution in [0.25, 0.3) is 5.69 Å². The highest BCUT2D eigenvalue weighted by Gasteiger charge is 2.10. The van der Waals surface area contributed by atoms with Gasteiger partial charge in [0, 0.05) is 11.3 Å². The summed E-state index contributed by atoms with van der Waals surface area (Å²) < 4.78 is 2.05. The zero-order valence-electron chi connectivity index (χ0n) is 12.2. The van der Waals surface area contributed by atoms with E-state index in [4.69, 9.17) is 0 Å². The van der Waals surface area contributed by atoms with E-state index in [-0.39, 0.29) is 0 Å². The molecule has 0 spiro atoms. The molecule has 0 bridgehead atoms. The van der Waals surface area contributed by atoms with Crippen molar-refractivity contribution in [2.24, 2.45) is 0 Å². The average Bonchev–Trinajstić information content (AvgIpc) is 2.94. The van der Waals surface area contributed by atoms with E-state index in [2.05, 4.69) is 38.7 Å². The van der Waals surface area contributed by atoms with Crippen LogP contribution < -0.4 is 0 Å². The van der Waals surface area contributed by atoms with Crippen molar-refractivity contribution >= 4 is 11.8 Å². The molecule has 22 heavy (non-hydrogen) atoms. The lowest BCUT2D eigenvalue weighted by Crippen LogP contribution is -1.98. The Morgan fingerprint density at radius 1 is 0.955 bits per heavy atom. The molecule has 0 aliphatic rings. The Kier molecular flexibility index (Phi) is 4.57. The normalized spacial score (nSPS) is 10.0. The monoisotopic (exact) mass is 305 g/mol. The first kappa shape index (κ1) is 14.4. The second-order valence-electron chi connectivity index (χ2n) is 4.66. The van der Waals surface area contributed by atoms with Crippen LogP contribution in [0.15, 0.2) is 65.8 Å². The van der Waals surface area contributed by atoms with Crippen LogP contribution in [0.1, 0.15) is 11.4 Å². The molecule has 0 saturated heterocycles. The number of rotatable bonds is 3. The smallest absolute Gasteiger partial charge is 0.196 e. The van der Waals surface area contributed by atoms with Gasteiger partial charge in [-0.15, -0.1) is 10.2 Å². The van der Waals surface area contributed by atoms with Crippen molar-refractivity contribution in [2.75, 3.05) is 5.75 Å². The summed E-state index contributed by atoms with van der Waals surface area (Å²) in [6.07, 6.45) is 0. The van der Waals surface area contributed by atoms with Crippen LogP contribution in [0.5, 0.6) is 0 Å². The summed E-state index contributed by atoms with van der Waals surface area (Å²) in [5.41, 5.74) is 2.10. The first-order valence-corrected chi connectivity index (χ1v) is 7.97. The summed E-state index contributed by atoms with van der Waals surface area (Å²) >= 11 is 1.60. The first-order chi connectivity index (χ1) is 10.8. The highest BCUT2D eigenvalue weighted by Crippen LogP contribution is 2.21. The van der Waals surface area contributed by atoms with E-state index in [0.717, 1.165) is 22.2 Å². The minimum absolute atomic E-state index is 0.680. The number of benzene rings is 2. The van der Waals surface area contributed by atoms with Crippen molar-refractivity contribution in [1.29, 1.82) is 0 Å². The fourth-order valence-corrected chi connectivity index (χ4v) is 2.81. The Balaban J connectivity index is 1.73. The fraction of sp³-hybridized carbons (Fsp3) is 0.111. The summed E-state index contributed by atoms with van der Waals surface area (Å²) in [5, 5.41) is 9.29. The van der Waals surface area contributed by atoms with Crippen molar-refractivity contribution < 1.29 is 0 Å². The third-order valence-electron chi connectivity index (χ3n) is 3.09. The maximum Gasteiger partial charge on any atom is 0.196 e. The Labute approximate surface area is 134 Å². The van der Waals surface area contributed by atoms with Crippen molar-refractivity contribution in [3.63, 3.8) is 0 Å². The molecule has 0 aliphatic carbocycles. The van der Waals surface area contributed by atoms with Crippen molar-refractivity contribution in [2.45, 2.75) is 12.1 Å². The predicted octanol–water partition coefficient (Wildman–Crippen LogP) is 3.72. The average molecular weight is 305 g/mol. The molecule has 1 heterocycles. The van der Waals surface area contributed by atoms with Gasteiger partial charge in [-0.2, -0.15) is 0 Å². The Hall–Kier alpha value is -2.51. The van der Waals surface area contributed by atoms with Gasteiger partial charge < -0.3 is 0 Å². The summed E-state index contributed by atoms with van der Waals surface area (Å²) in [6.45, 7) is 1.96. The van der Waals surface area contributed by atoms with Gasteiger partial charge in [0.15, 0.2) is 5.16 Å². The summed E-state index contributed by atoms with van der Waals surface area (Å²) in [5.74, 6) is 7.88. The van der Waals surface area contributed by atoms with Crippen molar-refractivity contribution in [1.82, 2.24) is 14.8 Å². The molecule has 0 radical (unpaired) electrons. The van der Waals surface area contributed by atoms with Crippen molar-refractivity contribution in [3.05, 3.63) is 72.1 Å². The lowest BCUT2D eigenvalue weighted by atomic mass is 10.2. The predicted molar refractivity (Wildman–Crippen MR) is 90.1 cm³/mol. The van der Waals surface area contributed by atoms with E-state index >= 15 is 0 Å². The Morgan fingerprint density at radius 2 is 1.64 bits per heavy atom. The molecule has 3 rings (SSSR count). The standard InChI is InChI=1S/C18H15N3S/c1-15-19-20-18(21(15)17-12-6-3-7-13-17)22-14-8-11-16-9-4-2-5-10-16/h2-7,9-10,12-13H,14H2,1H3. The van der Waals surface area contributed by atoms with E-state index in [9.17, 15) is 0 Å². The van der Waals surface area contributed by atoms with Gasteiger partial charge >= 0.3 is 0 Å². The Morgan fingerprint density at radius 3 is 2.36 bits per heavy atom. The van der Waals surface area contributed by atoms with Crippen LogP contribution in [0, 0.1) is 18.8 Å². The molecule has 3 nitrogen and oxygen atoms in total. The summed E-state index contributed by atoms with van der Waals surface area (Å²) in [4.78, 5) is 0. The van der Waals surface area contributed by atoms with E-state index in [0.29, 0.717) is 5.75 Å². The van der Waals surface area contributed by atoms with E-state index in [1.807, 2.05) is 55.5 Å². The van der Waals surface area contributed by atoms with Crippen LogP contribution in [0.3, 0.4) is 0 Å². The third kappa shape index (κ3) is 3.38. The van der Waals surface area contributed by atoms with E-state index < -0.39 is 0 Å². The molecule has 0 atom stereocenters. The molecule has 0 fully saturated rings. The topological polar surface area (TPSA) is 30.7 Å². The lowest BCUT2D eigenvalue weighted by molar-refractivity contribution is 0.870. The Bertz CT molecular complexity index is 799. The van der Waals surface area contributed by atoms with Crippen LogP contribution in [-0.2, 0) is 0 Å². The zero-order valence-corrected chi connectivity index (χ0v) is 13.0. The molecule has 0 unspecified atom stereocenters. The second-order valence-corrected chi connectivity index (χ2v) is 5.60. The number of hydrogen-bond acceptors (Lipinski definition) is 3. The minimum atomic E-state index is 0.680.